The molecule has 0 bridgehead atoms. The number of ether oxygens (including phenoxy) is 3. The Morgan fingerprint density at radius 3 is 2.45 bits per heavy atom. The Balaban J connectivity index is 1.67. The molecular weight excluding hydrogens is 254 g/mol. The van der Waals surface area contributed by atoms with Crippen LogP contribution in [-0.2, 0) is 4.74 Å². The van der Waals surface area contributed by atoms with Gasteiger partial charge in [-0.15, -0.1) is 0 Å². The first-order valence-corrected chi connectivity index (χ1v) is 7.39. The van der Waals surface area contributed by atoms with Crippen molar-refractivity contribution >= 4 is 0 Å². The maximum Gasteiger partial charge on any atom is 0.119 e. The van der Waals surface area contributed by atoms with Crippen LogP contribution in [0.2, 0.25) is 0 Å². The maximum atomic E-state index is 5.94. The van der Waals surface area contributed by atoms with Gasteiger partial charge in [0.25, 0.3) is 0 Å². The second kappa shape index (κ2) is 8.12. The summed E-state index contributed by atoms with van der Waals surface area (Å²) in [6, 6.07) is 8.11. The van der Waals surface area contributed by atoms with E-state index in [4.69, 9.17) is 14.2 Å². The van der Waals surface area contributed by atoms with Crippen molar-refractivity contribution in [3.63, 3.8) is 0 Å². The summed E-state index contributed by atoms with van der Waals surface area (Å²) in [7, 11) is 3.67. The second-order valence-corrected chi connectivity index (χ2v) is 5.11. The Bertz CT molecular complexity index is 380. The van der Waals surface area contributed by atoms with Gasteiger partial charge in [-0.1, -0.05) is 12.8 Å². The highest BCUT2D eigenvalue weighted by atomic mass is 16.5. The molecule has 4 heteroatoms. The van der Waals surface area contributed by atoms with Crippen molar-refractivity contribution in [3.8, 4) is 11.5 Å². The number of methoxy groups -OCH3 is 1. The van der Waals surface area contributed by atoms with Crippen LogP contribution < -0.4 is 14.8 Å². The van der Waals surface area contributed by atoms with Gasteiger partial charge >= 0.3 is 0 Å². The van der Waals surface area contributed by atoms with E-state index in [0.29, 0.717) is 25.4 Å². The van der Waals surface area contributed by atoms with Gasteiger partial charge in [-0.3, -0.25) is 0 Å². The Kier molecular flexibility index (Phi) is 6.15. The Morgan fingerprint density at radius 2 is 1.75 bits per heavy atom. The minimum atomic E-state index is 0.327. The fourth-order valence-electron chi connectivity index (χ4n) is 2.66. The van der Waals surface area contributed by atoms with E-state index in [0.717, 1.165) is 17.9 Å². The molecule has 0 heterocycles. The summed E-state index contributed by atoms with van der Waals surface area (Å²) in [4.78, 5) is 0. The van der Waals surface area contributed by atoms with Crippen LogP contribution in [0.4, 0.5) is 0 Å². The fourth-order valence-corrected chi connectivity index (χ4v) is 2.66. The third kappa shape index (κ3) is 4.39. The summed E-state index contributed by atoms with van der Waals surface area (Å²) in [6.45, 7) is 1.22. The predicted octanol–water partition coefficient (Wildman–Crippen LogP) is 2.62. The number of hydrogen-bond donors (Lipinski definition) is 1. The van der Waals surface area contributed by atoms with E-state index >= 15 is 0 Å². The number of likely N-dealkylation sites (N-methyl/N-ethyl adjacent to an activating group) is 1. The van der Waals surface area contributed by atoms with Gasteiger partial charge in [0.2, 0.25) is 0 Å². The summed E-state index contributed by atoms with van der Waals surface area (Å²) < 4.78 is 16.7. The highest BCUT2D eigenvalue weighted by molar-refractivity contribution is 5.31. The topological polar surface area (TPSA) is 39.7 Å². The van der Waals surface area contributed by atoms with Crippen molar-refractivity contribution in [1.82, 2.24) is 5.32 Å². The van der Waals surface area contributed by atoms with Gasteiger partial charge in [-0.05, 0) is 44.2 Å². The molecule has 2 unspecified atom stereocenters. The molecule has 0 radical (unpaired) electrons. The normalized spacial score (nSPS) is 22.5. The Labute approximate surface area is 121 Å². The fraction of sp³-hybridized carbons (Fsp3) is 0.625. The van der Waals surface area contributed by atoms with Gasteiger partial charge < -0.3 is 19.5 Å². The minimum absolute atomic E-state index is 0.327. The van der Waals surface area contributed by atoms with Crippen LogP contribution in [0.15, 0.2) is 24.3 Å². The van der Waals surface area contributed by atoms with E-state index < -0.39 is 0 Å². The average Bonchev–Trinajstić information content (AvgIpc) is 2.52. The van der Waals surface area contributed by atoms with Crippen LogP contribution in [0.3, 0.4) is 0 Å². The van der Waals surface area contributed by atoms with Gasteiger partial charge in [0.15, 0.2) is 0 Å². The van der Waals surface area contributed by atoms with Crippen LogP contribution in [0.5, 0.6) is 11.5 Å². The van der Waals surface area contributed by atoms with E-state index in [1.54, 1.807) is 7.11 Å². The third-order valence-corrected chi connectivity index (χ3v) is 3.82. The van der Waals surface area contributed by atoms with E-state index in [-0.39, 0.29) is 0 Å². The average molecular weight is 279 g/mol. The van der Waals surface area contributed by atoms with Crippen LogP contribution >= 0.6 is 0 Å². The standard InChI is InChI=1S/C16H25NO3/c1-17-15-5-3-4-6-16(15)20-12-11-19-14-9-7-13(18-2)8-10-14/h7-10,15-17H,3-6,11-12H2,1-2H3. The van der Waals surface area contributed by atoms with Crippen molar-refractivity contribution in [2.45, 2.75) is 37.8 Å². The quantitative estimate of drug-likeness (QED) is 0.779. The lowest BCUT2D eigenvalue weighted by Gasteiger charge is -2.31. The molecule has 20 heavy (non-hydrogen) atoms. The van der Waals surface area contributed by atoms with Crippen LogP contribution in [0.25, 0.3) is 0 Å². The number of benzene rings is 1. The van der Waals surface area contributed by atoms with Crippen LogP contribution in [0, 0.1) is 0 Å². The first-order valence-electron chi connectivity index (χ1n) is 7.39. The second-order valence-electron chi connectivity index (χ2n) is 5.11. The Morgan fingerprint density at radius 1 is 1.05 bits per heavy atom. The van der Waals surface area contributed by atoms with E-state index in [2.05, 4.69) is 5.32 Å². The molecule has 1 aromatic carbocycles. The molecule has 1 fully saturated rings. The van der Waals surface area contributed by atoms with Crippen LogP contribution in [-0.4, -0.2) is 39.5 Å². The number of rotatable bonds is 7. The zero-order chi connectivity index (χ0) is 14.2. The molecule has 112 valence electrons. The summed E-state index contributed by atoms with van der Waals surface area (Å²) in [5, 5.41) is 3.35. The first-order chi connectivity index (χ1) is 9.83. The van der Waals surface area contributed by atoms with Crippen molar-refractivity contribution in [3.05, 3.63) is 24.3 Å². The molecule has 0 saturated heterocycles. The van der Waals surface area contributed by atoms with Gasteiger partial charge in [0, 0.05) is 6.04 Å². The first kappa shape index (κ1) is 15.1. The summed E-state index contributed by atoms with van der Waals surface area (Å²) in [5.74, 6) is 1.69. The summed E-state index contributed by atoms with van der Waals surface area (Å²) in [6.07, 6.45) is 5.25. The Hall–Kier alpha value is -1.26. The highest BCUT2D eigenvalue weighted by Crippen LogP contribution is 2.21. The predicted molar refractivity (Wildman–Crippen MR) is 79.5 cm³/mol. The van der Waals surface area contributed by atoms with E-state index in [1.165, 1.54) is 19.3 Å². The minimum Gasteiger partial charge on any atom is -0.497 e. The molecule has 1 aliphatic carbocycles. The number of hydrogen-bond acceptors (Lipinski definition) is 4. The van der Waals surface area contributed by atoms with Gasteiger partial charge in [-0.2, -0.15) is 0 Å². The molecule has 1 aliphatic rings. The van der Waals surface area contributed by atoms with Gasteiger partial charge in [0.1, 0.15) is 18.1 Å². The molecule has 2 rings (SSSR count). The molecule has 1 N–H and O–H groups in total. The van der Waals surface area contributed by atoms with Gasteiger partial charge in [0.05, 0.1) is 19.8 Å². The molecule has 1 saturated carbocycles. The monoisotopic (exact) mass is 279 g/mol. The molecule has 1 aromatic rings. The van der Waals surface area contributed by atoms with E-state index in [9.17, 15) is 0 Å². The van der Waals surface area contributed by atoms with Crippen molar-refractivity contribution in [1.29, 1.82) is 0 Å². The van der Waals surface area contributed by atoms with E-state index in [1.807, 2.05) is 31.3 Å². The third-order valence-electron chi connectivity index (χ3n) is 3.82. The largest absolute Gasteiger partial charge is 0.497 e. The molecule has 0 spiro atoms. The van der Waals surface area contributed by atoms with Gasteiger partial charge in [-0.25, -0.2) is 0 Å². The zero-order valence-corrected chi connectivity index (χ0v) is 12.4. The molecular formula is C16H25NO3. The highest BCUT2D eigenvalue weighted by Gasteiger charge is 2.23. The maximum absolute atomic E-state index is 5.94. The van der Waals surface area contributed by atoms with Crippen molar-refractivity contribution < 1.29 is 14.2 Å². The lowest BCUT2D eigenvalue weighted by molar-refractivity contribution is -0.00561. The zero-order valence-electron chi connectivity index (χ0n) is 12.4. The van der Waals surface area contributed by atoms with Crippen molar-refractivity contribution in [2.24, 2.45) is 0 Å². The molecule has 4 nitrogen and oxygen atoms in total. The molecule has 0 amide bonds. The van der Waals surface area contributed by atoms with Crippen LogP contribution in [0.1, 0.15) is 25.7 Å². The number of nitrogens with one attached hydrogen (secondary N) is 1. The smallest absolute Gasteiger partial charge is 0.119 e. The molecule has 2 atom stereocenters. The SMILES string of the molecule is CNC1CCCCC1OCCOc1ccc(OC)cc1. The summed E-state index contributed by atoms with van der Waals surface area (Å²) >= 11 is 0. The lowest BCUT2D eigenvalue weighted by Crippen LogP contribution is -2.42. The molecule has 0 aromatic heterocycles. The molecule has 0 aliphatic heterocycles. The van der Waals surface area contributed by atoms with Crippen molar-refractivity contribution in [2.75, 3.05) is 27.4 Å². The summed E-state index contributed by atoms with van der Waals surface area (Å²) in [5.41, 5.74) is 0. The lowest BCUT2D eigenvalue weighted by atomic mass is 9.92.